The van der Waals surface area contributed by atoms with Crippen molar-refractivity contribution < 1.29 is 4.42 Å². The van der Waals surface area contributed by atoms with Crippen LogP contribution in [0.3, 0.4) is 0 Å². The van der Waals surface area contributed by atoms with Gasteiger partial charge in [0.1, 0.15) is 11.5 Å². The summed E-state index contributed by atoms with van der Waals surface area (Å²) in [5.74, 6) is 2.08. The fourth-order valence-electron chi connectivity index (χ4n) is 1.37. The molecule has 0 amide bonds. The summed E-state index contributed by atoms with van der Waals surface area (Å²) in [5, 5.41) is 0. The van der Waals surface area contributed by atoms with Crippen molar-refractivity contribution in [2.75, 3.05) is 0 Å². The quantitative estimate of drug-likeness (QED) is 0.491. The number of hydrogen-bond donors (Lipinski definition) is 0. The van der Waals surface area contributed by atoms with Crippen LogP contribution in [0.2, 0.25) is 0 Å². The fourth-order valence-corrected chi connectivity index (χ4v) is 1.37. The van der Waals surface area contributed by atoms with Crippen LogP contribution in [0.25, 0.3) is 0 Å². The van der Waals surface area contributed by atoms with E-state index in [-0.39, 0.29) is 0 Å². The Bertz CT molecular complexity index is 258. The van der Waals surface area contributed by atoms with Crippen LogP contribution in [0.5, 0.6) is 0 Å². The van der Waals surface area contributed by atoms with Gasteiger partial charge in [0.15, 0.2) is 0 Å². The van der Waals surface area contributed by atoms with Crippen molar-refractivity contribution in [2.24, 2.45) is 0 Å². The molecule has 0 aliphatic rings. The van der Waals surface area contributed by atoms with Gasteiger partial charge in [0.25, 0.3) is 0 Å². The molecular weight excluding hydrogens is 148 g/mol. The van der Waals surface area contributed by atoms with Gasteiger partial charge >= 0.3 is 0 Å². The van der Waals surface area contributed by atoms with Gasteiger partial charge in [0.2, 0.25) is 0 Å². The van der Waals surface area contributed by atoms with Crippen LogP contribution in [0.4, 0.5) is 0 Å². The van der Waals surface area contributed by atoms with Crippen molar-refractivity contribution in [1.82, 2.24) is 0 Å². The molecule has 1 rings (SSSR count). The molecule has 0 N–H and O–H groups in total. The zero-order valence-electron chi connectivity index (χ0n) is 7.89. The molecule has 0 atom stereocenters. The van der Waals surface area contributed by atoms with Gasteiger partial charge in [-0.2, -0.15) is 0 Å². The van der Waals surface area contributed by atoms with Gasteiger partial charge in [-0.25, -0.2) is 0 Å². The number of unbranched alkanes of at least 4 members (excludes halogenated alkanes) is 1. The number of furan rings is 1. The number of hydrogen-bond acceptors (Lipinski definition) is 1. The van der Waals surface area contributed by atoms with Crippen molar-refractivity contribution in [3.63, 3.8) is 0 Å². The van der Waals surface area contributed by atoms with Crippen LogP contribution >= 0.6 is 0 Å². The highest BCUT2D eigenvalue weighted by Gasteiger charge is 2.02. The summed E-state index contributed by atoms with van der Waals surface area (Å²) in [6.07, 6.45) is 5.32. The third-order valence-electron chi connectivity index (χ3n) is 2.00. The molecule has 0 unspecified atom stereocenters. The third kappa shape index (κ3) is 2.26. The fraction of sp³-hybridized carbons (Fsp3) is 0.455. The van der Waals surface area contributed by atoms with Crippen molar-refractivity contribution in [2.45, 2.75) is 33.1 Å². The van der Waals surface area contributed by atoms with Crippen molar-refractivity contribution >= 4 is 0 Å². The first-order valence-electron chi connectivity index (χ1n) is 4.41. The largest absolute Gasteiger partial charge is 0.466 e. The van der Waals surface area contributed by atoms with Gasteiger partial charge in [-0.3, -0.25) is 0 Å². The Morgan fingerprint density at radius 2 is 2.25 bits per heavy atom. The smallest absolute Gasteiger partial charge is 0.104 e. The van der Waals surface area contributed by atoms with E-state index in [1.165, 1.54) is 12.0 Å². The highest BCUT2D eigenvalue weighted by molar-refractivity contribution is 5.20. The maximum Gasteiger partial charge on any atom is 0.104 e. The Morgan fingerprint density at radius 3 is 2.75 bits per heavy atom. The first-order chi connectivity index (χ1) is 5.74. The maximum atomic E-state index is 5.42. The zero-order chi connectivity index (χ0) is 8.97. The highest BCUT2D eigenvalue weighted by atomic mass is 16.3. The first-order valence-corrected chi connectivity index (χ1v) is 4.41. The number of aryl methyl sites for hydroxylation is 3. The Labute approximate surface area is 74.1 Å². The van der Waals surface area contributed by atoms with Crippen LogP contribution in [0, 0.1) is 13.8 Å². The van der Waals surface area contributed by atoms with Crippen LogP contribution in [-0.2, 0) is 6.42 Å². The molecule has 0 bridgehead atoms. The minimum Gasteiger partial charge on any atom is -0.466 e. The van der Waals surface area contributed by atoms with Crippen LogP contribution in [0.1, 0.15) is 29.9 Å². The van der Waals surface area contributed by atoms with E-state index in [0.29, 0.717) is 0 Å². The molecule has 0 aromatic carbocycles. The molecule has 1 heterocycles. The van der Waals surface area contributed by atoms with Gasteiger partial charge < -0.3 is 4.42 Å². The zero-order valence-corrected chi connectivity index (χ0v) is 7.89. The topological polar surface area (TPSA) is 13.1 Å². The molecule has 0 saturated carbocycles. The molecule has 12 heavy (non-hydrogen) atoms. The maximum absolute atomic E-state index is 5.42. The van der Waals surface area contributed by atoms with E-state index in [9.17, 15) is 0 Å². The normalized spacial score (nSPS) is 10.2. The molecule has 0 fully saturated rings. The standard InChI is InChI=1S/C11H16O/c1-4-5-6-7-11-8-9(2)12-10(11)3/h4,8H,1,5-7H2,2-3H3. The monoisotopic (exact) mass is 164 g/mol. The van der Waals surface area contributed by atoms with Crippen molar-refractivity contribution in [1.29, 1.82) is 0 Å². The molecule has 1 heteroatoms. The summed E-state index contributed by atoms with van der Waals surface area (Å²) in [4.78, 5) is 0. The lowest BCUT2D eigenvalue weighted by Crippen LogP contribution is -1.83. The van der Waals surface area contributed by atoms with E-state index in [1.807, 2.05) is 19.9 Å². The molecule has 66 valence electrons. The summed E-state index contributed by atoms with van der Waals surface area (Å²) in [6, 6.07) is 2.12. The van der Waals surface area contributed by atoms with E-state index < -0.39 is 0 Å². The Balaban J connectivity index is 2.50. The van der Waals surface area contributed by atoms with Crippen molar-refractivity contribution in [3.05, 3.63) is 35.8 Å². The second-order valence-corrected chi connectivity index (χ2v) is 3.12. The summed E-state index contributed by atoms with van der Waals surface area (Å²) in [5.41, 5.74) is 1.34. The average Bonchev–Trinajstić information content (AvgIpc) is 2.31. The molecule has 1 aromatic rings. The number of allylic oxidation sites excluding steroid dienone is 1. The summed E-state index contributed by atoms with van der Waals surface area (Å²) in [7, 11) is 0. The molecule has 1 nitrogen and oxygen atoms in total. The minimum absolute atomic E-state index is 1.01. The predicted molar refractivity (Wildman–Crippen MR) is 51.3 cm³/mol. The molecular formula is C11H16O. The van der Waals surface area contributed by atoms with E-state index in [1.54, 1.807) is 0 Å². The first kappa shape index (κ1) is 9.11. The lowest BCUT2D eigenvalue weighted by Gasteiger charge is -1.94. The van der Waals surface area contributed by atoms with E-state index in [0.717, 1.165) is 24.4 Å². The van der Waals surface area contributed by atoms with Gasteiger partial charge in [0.05, 0.1) is 0 Å². The minimum atomic E-state index is 1.01. The molecule has 0 radical (unpaired) electrons. The lowest BCUT2D eigenvalue weighted by molar-refractivity contribution is 0.500. The Kier molecular flexibility index (Phi) is 3.15. The molecule has 0 saturated heterocycles. The average molecular weight is 164 g/mol. The molecule has 0 aliphatic carbocycles. The second kappa shape index (κ2) is 4.15. The molecule has 0 spiro atoms. The van der Waals surface area contributed by atoms with Crippen molar-refractivity contribution in [3.8, 4) is 0 Å². The third-order valence-corrected chi connectivity index (χ3v) is 2.00. The predicted octanol–water partition coefficient (Wildman–Crippen LogP) is 3.41. The highest BCUT2D eigenvalue weighted by Crippen LogP contribution is 2.15. The van der Waals surface area contributed by atoms with Gasteiger partial charge in [-0.1, -0.05) is 6.08 Å². The summed E-state index contributed by atoms with van der Waals surface area (Å²) >= 11 is 0. The van der Waals surface area contributed by atoms with E-state index in [2.05, 4.69) is 12.6 Å². The summed E-state index contributed by atoms with van der Waals surface area (Å²) in [6.45, 7) is 7.71. The van der Waals surface area contributed by atoms with E-state index in [4.69, 9.17) is 4.42 Å². The molecule has 0 aliphatic heterocycles. The Morgan fingerprint density at radius 1 is 1.50 bits per heavy atom. The summed E-state index contributed by atoms with van der Waals surface area (Å²) < 4.78 is 5.42. The Hall–Kier alpha value is -0.980. The van der Waals surface area contributed by atoms with Gasteiger partial charge in [-0.15, -0.1) is 6.58 Å². The van der Waals surface area contributed by atoms with Crippen LogP contribution in [0.15, 0.2) is 23.1 Å². The van der Waals surface area contributed by atoms with Crippen LogP contribution < -0.4 is 0 Å². The molecule has 1 aromatic heterocycles. The van der Waals surface area contributed by atoms with Gasteiger partial charge in [-0.05, 0) is 44.7 Å². The van der Waals surface area contributed by atoms with E-state index >= 15 is 0 Å². The second-order valence-electron chi connectivity index (χ2n) is 3.12. The SMILES string of the molecule is C=CCCCc1cc(C)oc1C. The van der Waals surface area contributed by atoms with Gasteiger partial charge in [0, 0.05) is 0 Å². The van der Waals surface area contributed by atoms with Crippen LogP contribution in [-0.4, -0.2) is 0 Å². The number of rotatable bonds is 4. The lowest BCUT2D eigenvalue weighted by atomic mass is 10.1.